The van der Waals surface area contributed by atoms with Crippen LogP contribution in [0, 0.1) is 0 Å². The third-order valence-electron chi connectivity index (χ3n) is 7.10. The molecule has 6 atom stereocenters. The Morgan fingerprint density at radius 2 is 1.14 bits per heavy atom. The fraction of sp³-hybridized carbons (Fsp3) is 0.500. The number of nitrogens with two attached hydrogens (primary N) is 2. The van der Waals surface area contributed by atoms with Crippen molar-refractivity contribution in [3.05, 3.63) is 25.3 Å². The van der Waals surface area contributed by atoms with E-state index in [1.807, 2.05) is 0 Å². The van der Waals surface area contributed by atoms with E-state index < -0.39 is 65.7 Å². The number of rotatable bonds is 2. The number of fused-ring (bicyclic) bond motifs is 4. The number of imidazole rings is 2. The van der Waals surface area contributed by atoms with Crippen LogP contribution in [0.3, 0.4) is 0 Å². The van der Waals surface area contributed by atoms with E-state index >= 15 is 0 Å². The number of phosphoric acid groups is 2. The third-order valence-corrected chi connectivity index (χ3v) is 9.12. The molecule has 0 radical (unpaired) electrons. The summed E-state index contributed by atoms with van der Waals surface area (Å²) >= 11 is 0. The highest BCUT2D eigenvalue weighted by Gasteiger charge is 2.48. The van der Waals surface area contributed by atoms with Crippen molar-refractivity contribution in [1.82, 2.24) is 39.0 Å². The van der Waals surface area contributed by atoms with Gasteiger partial charge in [-0.15, -0.1) is 0 Å². The lowest BCUT2D eigenvalue weighted by molar-refractivity contribution is -0.0661. The van der Waals surface area contributed by atoms with E-state index in [0.29, 0.717) is 22.3 Å². The van der Waals surface area contributed by atoms with Crippen LogP contribution in [0.1, 0.15) is 25.3 Å². The molecule has 0 bridgehead atoms. The quantitative estimate of drug-likeness (QED) is 0.219. The summed E-state index contributed by atoms with van der Waals surface area (Å²) in [6, 6.07) is 0. The predicted molar refractivity (Wildman–Crippen MR) is 138 cm³/mol. The van der Waals surface area contributed by atoms with Gasteiger partial charge in [-0.05, 0) is 0 Å². The van der Waals surface area contributed by atoms with Crippen molar-refractivity contribution >= 4 is 49.6 Å². The summed E-state index contributed by atoms with van der Waals surface area (Å²) in [5.41, 5.74) is 13.1. The van der Waals surface area contributed by atoms with Crippen LogP contribution in [0.5, 0.6) is 0 Å². The summed E-state index contributed by atoms with van der Waals surface area (Å²) < 4.78 is 62.5. The molecule has 3 aliphatic rings. The second-order valence-corrected chi connectivity index (χ2v) is 12.5. The smallest absolute Gasteiger partial charge is 0.382 e. The SMILES string of the molecule is Nc1ncnc2c1ncn2[C@H]1C[C@@H]2OP(=O)(O)O[C@H]3C[C@H](n4cnc5c(N)ncnc54)O[C@@H]3COP(=O)(O)OC[C@H]2O1. The van der Waals surface area contributed by atoms with Crippen LogP contribution in [-0.4, -0.2) is 86.5 Å². The Bertz CT molecular complexity index is 1640. The molecule has 224 valence electrons. The number of aromatic nitrogens is 8. The highest BCUT2D eigenvalue weighted by Crippen LogP contribution is 2.54. The number of phosphoric ester groups is 2. The lowest BCUT2D eigenvalue weighted by atomic mass is 10.2. The normalized spacial score (nSPS) is 36.0. The molecule has 0 unspecified atom stereocenters. The van der Waals surface area contributed by atoms with Crippen molar-refractivity contribution in [3.8, 4) is 0 Å². The molecule has 6 N–H and O–H groups in total. The lowest BCUT2D eigenvalue weighted by Gasteiger charge is -2.27. The van der Waals surface area contributed by atoms with Gasteiger partial charge in [-0.1, -0.05) is 0 Å². The maximum absolute atomic E-state index is 13.3. The first-order chi connectivity index (χ1) is 20.1. The van der Waals surface area contributed by atoms with E-state index in [-0.39, 0.29) is 24.5 Å². The first kappa shape index (κ1) is 27.7. The summed E-state index contributed by atoms with van der Waals surface area (Å²) in [4.78, 5) is 45.8. The van der Waals surface area contributed by atoms with Crippen molar-refractivity contribution in [2.45, 2.75) is 49.7 Å². The largest absolute Gasteiger partial charge is 0.472 e. The molecule has 3 fully saturated rings. The van der Waals surface area contributed by atoms with Crippen molar-refractivity contribution in [3.63, 3.8) is 0 Å². The molecule has 20 nitrogen and oxygen atoms in total. The van der Waals surface area contributed by atoms with Crippen molar-refractivity contribution < 1.29 is 46.5 Å². The van der Waals surface area contributed by atoms with Gasteiger partial charge in [-0.25, -0.2) is 39.0 Å². The standard InChI is InChI=1S/C20H24N10O10P2/c21-17-15-19(25-5-23-17)29(7-27-15)13-1-9-11(37-13)3-35-41(31,32)36-4-12-10(40-42(33,34)39-9)2-14(38-12)30-8-28-16-18(22)24-6-26-20(16)30/h5-14H,1-4H2,(H,31,32)(H,33,34)(H2,21,23,25)(H2,22,24,26)/t9-,10-,11+,12+,13+,14+/m0/s1. The molecule has 7 heterocycles. The molecule has 0 aromatic carbocycles. The van der Waals surface area contributed by atoms with Crippen molar-refractivity contribution in [1.29, 1.82) is 0 Å². The highest BCUT2D eigenvalue weighted by atomic mass is 31.2. The van der Waals surface area contributed by atoms with Gasteiger partial charge in [0.2, 0.25) is 0 Å². The summed E-state index contributed by atoms with van der Waals surface area (Å²) in [6.07, 6.45) is -0.664. The van der Waals surface area contributed by atoms with Crippen LogP contribution >= 0.6 is 15.6 Å². The zero-order valence-electron chi connectivity index (χ0n) is 21.4. The maximum Gasteiger partial charge on any atom is 0.472 e. The minimum atomic E-state index is -4.77. The lowest BCUT2D eigenvalue weighted by Crippen LogP contribution is -2.32. The number of anilines is 2. The van der Waals surface area contributed by atoms with Gasteiger partial charge in [-0.2, -0.15) is 0 Å². The summed E-state index contributed by atoms with van der Waals surface area (Å²) in [5.74, 6) is 0.307. The van der Waals surface area contributed by atoms with Crippen LogP contribution in [-0.2, 0) is 36.7 Å². The van der Waals surface area contributed by atoms with E-state index in [4.69, 9.17) is 39.0 Å². The van der Waals surface area contributed by atoms with Crippen LogP contribution in [0.15, 0.2) is 25.3 Å². The van der Waals surface area contributed by atoms with Gasteiger partial charge in [0.1, 0.15) is 60.6 Å². The molecule has 4 aromatic rings. The first-order valence-corrected chi connectivity index (χ1v) is 15.5. The Hall–Kier alpha value is -3.16. The fourth-order valence-electron chi connectivity index (χ4n) is 5.17. The second-order valence-electron chi connectivity index (χ2n) is 9.71. The minimum absolute atomic E-state index is 0.00324. The second kappa shape index (κ2) is 10.2. The number of ether oxygens (including phenoxy) is 2. The van der Waals surface area contributed by atoms with Gasteiger partial charge in [-0.3, -0.25) is 27.2 Å². The van der Waals surface area contributed by atoms with Gasteiger partial charge < -0.3 is 30.7 Å². The van der Waals surface area contributed by atoms with Gasteiger partial charge in [0.05, 0.1) is 25.9 Å². The summed E-state index contributed by atoms with van der Waals surface area (Å²) in [7, 11) is -9.41. The van der Waals surface area contributed by atoms with Crippen LogP contribution < -0.4 is 11.5 Å². The Morgan fingerprint density at radius 1 is 0.690 bits per heavy atom. The molecule has 3 aliphatic heterocycles. The Kier molecular flexibility index (Phi) is 6.74. The first-order valence-electron chi connectivity index (χ1n) is 12.6. The van der Waals surface area contributed by atoms with E-state index in [1.165, 1.54) is 34.4 Å². The summed E-state index contributed by atoms with van der Waals surface area (Å²) in [6.45, 7) is -1.03. The number of nitrogen functional groups attached to an aromatic ring is 2. The van der Waals surface area contributed by atoms with Gasteiger partial charge in [0.25, 0.3) is 0 Å². The Labute approximate surface area is 235 Å². The topological polar surface area (TPSA) is 269 Å². The number of nitrogens with zero attached hydrogens (tertiary/aromatic N) is 8. The van der Waals surface area contributed by atoms with E-state index in [1.54, 1.807) is 0 Å². The molecule has 22 heteroatoms. The van der Waals surface area contributed by atoms with E-state index in [9.17, 15) is 18.9 Å². The maximum atomic E-state index is 13.3. The molecule has 4 aromatic heterocycles. The molecule has 0 amide bonds. The Morgan fingerprint density at radius 3 is 1.60 bits per heavy atom. The minimum Gasteiger partial charge on any atom is -0.382 e. The van der Waals surface area contributed by atoms with Gasteiger partial charge in [0, 0.05) is 12.8 Å². The molecular formula is C20H24N10O10P2. The average molecular weight is 626 g/mol. The molecule has 0 spiro atoms. The van der Waals surface area contributed by atoms with Crippen LogP contribution in [0.4, 0.5) is 11.6 Å². The molecular weight excluding hydrogens is 602 g/mol. The fourth-order valence-corrected chi connectivity index (χ4v) is 7.09. The molecule has 42 heavy (non-hydrogen) atoms. The number of hydrogen-bond donors (Lipinski definition) is 4. The molecule has 3 saturated heterocycles. The van der Waals surface area contributed by atoms with E-state index in [2.05, 4.69) is 29.9 Å². The number of hydrogen-bond acceptors (Lipinski definition) is 16. The van der Waals surface area contributed by atoms with Gasteiger partial charge >= 0.3 is 15.6 Å². The van der Waals surface area contributed by atoms with E-state index in [0.717, 1.165) is 0 Å². The molecule has 0 saturated carbocycles. The Balaban J connectivity index is 1.15. The molecule has 0 aliphatic carbocycles. The molecule has 7 rings (SSSR count). The summed E-state index contributed by atoms with van der Waals surface area (Å²) in [5, 5.41) is 0. The zero-order chi connectivity index (χ0) is 29.2. The van der Waals surface area contributed by atoms with Crippen LogP contribution in [0.2, 0.25) is 0 Å². The average Bonchev–Trinajstić information content (AvgIpc) is 3.71. The van der Waals surface area contributed by atoms with Crippen molar-refractivity contribution in [2.24, 2.45) is 0 Å². The highest BCUT2D eigenvalue weighted by molar-refractivity contribution is 7.47. The monoisotopic (exact) mass is 626 g/mol. The third kappa shape index (κ3) is 5.05. The van der Waals surface area contributed by atoms with Crippen LogP contribution in [0.25, 0.3) is 22.3 Å². The zero-order valence-corrected chi connectivity index (χ0v) is 23.2. The predicted octanol–water partition coefficient (Wildman–Crippen LogP) is 0.424. The van der Waals surface area contributed by atoms with Gasteiger partial charge in [0.15, 0.2) is 22.9 Å². The van der Waals surface area contributed by atoms with Crippen molar-refractivity contribution in [2.75, 3.05) is 24.7 Å².